The molecular weight excluding hydrogens is 394 g/mol. The van der Waals surface area contributed by atoms with Gasteiger partial charge in [-0.25, -0.2) is 4.98 Å². The Balaban J connectivity index is 1.70. The van der Waals surface area contributed by atoms with E-state index in [9.17, 15) is 4.79 Å². The van der Waals surface area contributed by atoms with Crippen LogP contribution in [0.1, 0.15) is 48.9 Å². The zero-order chi connectivity index (χ0) is 19.7. The zero-order valence-corrected chi connectivity index (χ0v) is 17.4. The fourth-order valence-corrected chi connectivity index (χ4v) is 5.72. The number of thioether (sulfide) groups is 1. The van der Waals surface area contributed by atoms with E-state index in [0.717, 1.165) is 48.7 Å². The molecule has 1 aliphatic rings. The van der Waals surface area contributed by atoms with Crippen molar-refractivity contribution >= 4 is 45.2 Å². The molecule has 0 bridgehead atoms. The molecule has 1 aliphatic carbocycles. The summed E-state index contributed by atoms with van der Waals surface area (Å²) in [6.45, 7) is 2.82. The summed E-state index contributed by atoms with van der Waals surface area (Å²) in [5, 5.41) is 1.53. The van der Waals surface area contributed by atoms with Crippen LogP contribution >= 0.6 is 23.1 Å². The predicted octanol–water partition coefficient (Wildman–Crippen LogP) is 2.78. The Morgan fingerprint density at radius 2 is 1.89 bits per heavy atom. The van der Waals surface area contributed by atoms with E-state index in [2.05, 4.69) is 21.9 Å². The van der Waals surface area contributed by atoms with Crippen molar-refractivity contribution in [3.63, 3.8) is 0 Å². The summed E-state index contributed by atoms with van der Waals surface area (Å²) in [6, 6.07) is 0. The molecule has 4 N–H and O–H groups in total. The van der Waals surface area contributed by atoms with E-state index in [1.165, 1.54) is 22.2 Å². The molecule has 0 saturated carbocycles. The van der Waals surface area contributed by atoms with Crippen molar-refractivity contribution in [3.8, 4) is 0 Å². The van der Waals surface area contributed by atoms with Crippen LogP contribution in [0, 0.1) is 0 Å². The molecule has 8 nitrogen and oxygen atoms in total. The molecule has 3 heterocycles. The molecule has 3 aromatic heterocycles. The van der Waals surface area contributed by atoms with E-state index in [-0.39, 0.29) is 17.5 Å². The first-order valence-electron chi connectivity index (χ1n) is 9.50. The number of nitrogens with zero attached hydrogens (tertiary/aromatic N) is 5. The topological polar surface area (TPSA) is 126 Å². The van der Waals surface area contributed by atoms with E-state index >= 15 is 0 Å². The molecule has 0 aromatic carbocycles. The lowest BCUT2D eigenvalue weighted by Gasteiger charge is -2.12. The SMILES string of the molecule is CCCCCn1c(SCc2nc(N)nc(N)n2)nc2sc3c(c2c1=O)CCC3. The number of fused-ring (bicyclic) bond motifs is 3. The predicted molar refractivity (Wildman–Crippen MR) is 114 cm³/mol. The van der Waals surface area contributed by atoms with Crippen LogP contribution in [0.25, 0.3) is 10.2 Å². The van der Waals surface area contributed by atoms with Gasteiger partial charge in [-0.3, -0.25) is 9.36 Å². The maximum Gasteiger partial charge on any atom is 0.263 e. The number of nitrogen functional groups attached to an aromatic ring is 2. The van der Waals surface area contributed by atoms with Crippen molar-refractivity contribution in [2.24, 2.45) is 0 Å². The number of aryl methyl sites for hydroxylation is 2. The number of nitrogens with two attached hydrogens (primary N) is 2. The lowest BCUT2D eigenvalue weighted by molar-refractivity contribution is 0.542. The van der Waals surface area contributed by atoms with Gasteiger partial charge in [-0.15, -0.1) is 11.3 Å². The van der Waals surface area contributed by atoms with E-state index < -0.39 is 0 Å². The molecule has 28 heavy (non-hydrogen) atoms. The minimum atomic E-state index is 0.0812. The Morgan fingerprint density at radius 1 is 1.11 bits per heavy atom. The Labute approximate surface area is 170 Å². The molecular formula is C18H23N7OS2. The normalized spacial score (nSPS) is 13.3. The highest BCUT2D eigenvalue weighted by atomic mass is 32.2. The standard InChI is InChI=1S/C18H23N7OS2/c1-2-3-4-8-25-15(26)13-10-6-5-7-11(10)28-14(13)23-18(25)27-9-12-21-16(19)24-17(20)22-12/h2-9H2,1H3,(H4,19,20,21,22,24). The van der Waals surface area contributed by atoms with Crippen molar-refractivity contribution in [1.29, 1.82) is 0 Å². The van der Waals surface area contributed by atoms with Crippen LogP contribution in [-0.4, -0.2) is 24.5 Å². The number of rotatable bonds is 7. The van der Waals surface area contributed by atoms with Crippen LogP contribution in [0.2, 0.25) is 0 Å². The summed E-state index contributed by atoms with van der Waals surface area (Å²) >= 11 is 3.10. The average molecular weight is 418 g/mol. The lowest BCUT2D eigenvalue weighted by Crippen LogP contribution is -2.23. The van der Waals surface area contributed by atoms with Crippen molar-refractivity contribution in [1.82, 2.24) is 24.5 Å². The third-order valence-corrected chi connectivity index (χ3v) is 6.98. The largest absolute Gasteiger partial charge is 0.368 e. The van der Waals surface area contributed by atoms with E-state index in [4.69, 9.17) is 16.5 Å². The molecule has 0 spiro atoms. The Bertz CT molecular complexity index is 1060. The summed E-state index contributed by atoms with van der Waals surface area (Å²) in [7, 11) is 0. The molecule has 0 unspecified atom stereocenters. The van der Waals surface area contributed by atoms with Crippen molar-refractivity contribution in [2.45, 2.75) is 62.9 Å². The van der Waals surface area contributed by atoms with Gasteiger partial charge in [-0.05, 0) is 31.2 Å². The monoisotopic (exact) mass is 417 g/mol. The first-order valence-corrected chi connectivity index (χ1v) is 11.3. The minimum absolute atomic E-state index is 0.0812. The molecule has 0 atom stereocenters. The molecule has 10 heteroatoms. The van der Waals surface area contributed by atoms with Crippen LogP contribution < -0.4 is 17.0 Å². The molecule has 0 amide bonds. The van der Waals surface area contributed by atoms with Gasteiger partial charge in [0.05, 0.1) is 11.1 Å². The second-order valence-electron chi connectivity index (χ2n) is 6.85. The fourth-order valence-electron chi connectivity index (χ4n) is 3.54. The highest BCUT2D eigenvalue weighted by molar-refractivity contribution is 7.98. The van der Waals surface area contributed by atoms with Gasteiger partial charge in [0.15, 0.2) is 5.16 Å². The van der Waals surface area contributed by atoms with Crippen molar-refractivity contribution in [3.05, 3.63) is 26.6 Å². The van der Waals surface area contributed by atoms with Gasteiger partial charge in [0.1, 0.15) is 10.7 Å². The zero-order valence-electron chi connectivity index (χ0n) is 15.8. The number of thiophene rings is 1. The third-order valence-electron chi connectivity index (χ3n) is 4.82. The molecule has 0 radical (unpaired) electrons. The summed E-state index contributed by atoms with van der Waals surface area (Å²) in [5.41, 5.74) is 12.6. The highest BCUT2D eigenvalue weighted by Crippen LogP contribution is 2.35. The molecule has 4 rings (SSSR count). The quantitative estimate of drug-likeness (QED) is 0.341. The van der Waals surface area contributed by atoms with Crippen LogP contribution in [0.4, 0.5) is 11.9 Å². The molecule has 3 aromatic rings. The number of aromatic nitrogens is 5. The molecule has 0 aliphatic heterocycles. The van der Waals surface area contributed by atoms with Gasteiger partial charge in [0.25, 0.3) is 5.56 Å². The number of hydrogen-bond acceptors (Lipinski definition) is 9. The summed E-state index contributed by atoms with van der Waals surface area (Å²) < 4.78 is 1.82. The van der Waals surface area contributed by atoms with Crippen molar-refractivity contribution < 1.29 is 0 Å². The number of hydrogen-bond donors (Lipinski definition) is 2. The lowest BCUT2D eigenvalue weighted by atomic mass is 10.2. The van der Waals surface area contributed by atoms with Gasteiger partial charge in [0.2, 0.25) is 11.9 Å². The van der Waals surface area contributed by atoms with Crippen LogP contribution in [0.3, 0.4) is 0 Å². The molecule has 0 saturated heterocycles. The Morgan fingerprint density at radius 3 is 2.64 bits per heavy atom. The van der Waals surface area contributed by atoms with Gasteiger partial charge < -0.3 is 11.5 Å². The second kappa shape index (κ2) is 8.04. The van der Waals surface area contributed by atoms with Gasteiger partial charge in [0, 0.05) is 11.4 Å². The van der Waals surface area contributed by atoms with E-state index in [0.29, 0.717) is 23.3 Å². The first-order chi connectivity index (χ1) is 13.6. The van der Waals surface area contributed by atoms with E-state index in [1.54, 1.807) is 11.3 Å². The van der Waals surface area contributed by atoms with Gasteiger partial charge in [-0.1, -0.05) is 31.5 Å². The van der Waals surface area contributed by atoms with Crippen molar-refractivity contribution in [2.75, 3.05) is 11.5 Å². The van der Waals surface area contributed by atoms with Gasteiger partial charge >= 0.3 is 0 Å². The maximum atomic E-state index is 13.3. The smallest absolute Gasteiger partial charge is 0.263 e. The first kappa shape index (κ1) is 19.1. The van der Waals surface area contributed by atoms with Crippen LogP contribution in [0.5, 0.6) is 0 Å². The van der Waals surface area contributed by atoms with Crippen LogP contribution in [-0.2, 0) is 25.1 Å². The molecule has 0 fully saturated rings. The number of unbranched alkanes of at least 4 members (excludes halogenated alkanes) is 2. The Kier molecular flexibility index (Phi) is 5.49. The highest BCUT2D eigenvalue weighted by Gasteiger charge is 2.23. The summed E-state index contributed by atoms with van der Waals surface area (Å²) in [6.07, 6.45) is 6.30. The molecule has 148 valence electrons. The minimum Gasteiger partial charge on any atom is -0.368 e. The summed E-state index contributed by atoms with van der Waals surface area (Å²) in [5.74, 6) is 1.11. The third kappa shape index (κ3) is 3.70. The Hall–Kier alpha value is -2.20. The average Bonchev–Trinajstić information content (AvgIpc) is 3.22. The fraction of sp³-hybridized carbons (Fsp3) is 0.500. The second-order valence-corrected chi connectivity index (χ2v) is 8.88. The van der Waals surface area contributed by atoms with E-state index in [1.807, 2.05) is 4.57 Å². The summed E-state index contributed by atoms with van der Waals surface area (Å²) in [4.78, 5) is 32.4. The number of anilines is 2. The van der Waals surface area contributed by atoms with Gasteiger partial charge in [-0.2, -0.15) is 15.0 Å². The van der Waals surface area contributed by atoms with Crippen LogP contribution in [0.15, 0.2) is 9.95 Å². The maximum absolute atomic E-state index is 13.3.